The Kier molecular flexibility index (Phi) is 6.18. The fraction of sp³-hybridized carbons (Fsp3) is 0.556. The molecular formula is C18H26N4O4. The van der Waals surface area contributed by atoms with Crippen molar-refractivity contribution in [1.82, 2.24) is 18.6 Å². The molecule has 1 fully saturated rings. The van der Waals surface area contributed by atoms with Gasteiger partial charge in [-0.2, -0.15) is 0 Å². The van der Waals surface area contributed by atoms with Crippen molar-refractivity contribution >= 4 is 5.91 Å². The number of hydrogen-bond acceptors (Lipinski definition) is 4. The quantitative estimate of drug-likeness (QED) is 0.683. The molecule has 2 heterocycles. The third kappa shape index (κ3) is 3.63. The lowest BCUT2D eigenvalue weighted by molar-refractivity contribution is -0.138. The first-order chi connectivity index (χ1) is 12.3. The molecule has 26 heavy (non-hydrogen) atoms. The normalized spacial score (nSPS) is 20.0. The molecule has 1 aromatic heterocycles. The average Bonchev–Trinajstić information content (AvgIpc) is 2.59. The highest BCUT2D eigenvalue weighted by Gasteiger charge is 2.30. The van der Waals surface area contributed by atoms with Gasteiger partial charge < -0.3 is 4.90 Å². The number of carbonyl (C=O) groups is 1. The van der Waals surface area contributed by atoms with E-state index in [2.05, 4.69) is 13.2 Å². The molecule has 142 valence electrons. The van der Waals surface area contributed by atoms with E-state index in [1.54, 1.807) is 4.90 Å². The van der Waals surface area contributed by atoms with Crippen LogP contribution in [-0.2, 0) is 24.4 Å². The summed E-state index contributed by atoms with van der Waals surface area (Å²) in [5, 5.41) is 0. The Morgan fingerprint density at radius 1 is 0.923 bits per heavy atom. The predicted octanol–water partition coefficient (Wildman–Crippen LogP) is 0.333. The molecule has 0 radical (unpaired) electrons. The van der Waals surface area contributed by atoms with E-state index < -0.39 is 17.1 Å². The first-order valence-corrected chi connectivity index (χ1v) is 8.80. The lowest BCUT2D eigenvalue weighted by Crippen LogP contribution is -2.57. The number of carbonyl (C=O) groups excluding carboxylic acids is 1. The molecule has 2 atom stereocenters. The minimum absolute atomic E-state index is 0.0419. The Morgan fingerprint density at radius 3 is 1.77 bits per heavy atom. The summed E-state index contributed by atoms with van der Waals surface area (Å²) >= 11 is 0. The van der Waals surface area contributed by atoms with Gasteiger partial charge in [0.25, 0.3) is 0 Å². The zero-order valence-electron chi connectivity index (χ0n) is 15.4. The molecule has 8 nitrogen and oxygen atoms in total. The van der Waals surface area contributed by atoms with Crippen molar-refractivity contribution in [3.8, 4) is 0 Å². The molecule has 1 aliphatic rings. The van der Waals surface area contributed by atoms with Gasteiger partial charge >= 0.3 is 17.1 Å². The molecule has 1 aliphatic heterocycles. The van der Waals surface area contributed by atoms with Gasteiger partial charge in [0, 0.05) is 12.1 Å². The molecule has 8 heteroatoms. The molecule has 2 unspecified atom stereocenters. The van der Waals surface area contributed by atoms with E-state index in [1.807, 2.05) is 13.8 Å². The second-order valence-electron chi connectivity index (χ2n) is 6.66. The summed E-state index contributed by atoms with van der Waals surface area (Å²) in [7, 11) is 0. The fourth-order valence-electron chi connectivity index (χ4n) is 3.52. The van der Waals surface area contributed by atoms with Crippen molar-refractivity contribution in [3.05, 3.63) is 56.8 Å². The zero-order valence-corrected chi connectivity index (χ0v) is 15.4. The van der Waals surface area contributed by atoms with E-state index in [0.29, 0.717) is 0 Å². The number of hydrogen-bond donors (Lipinski definition) is 0. The van der Waals surface area contributed by atoms with Crippen LogP contribution in [0.4, 0.5) is 0 Å². The van der Waals surface area contributed by atoms with Crippen molar-refractivity contribution in [1.29, 1.82) is 0 Å². The standard InChI is InChI=1S/C18H26N4O4/c1-5-10-19-16(24)20(11-6-2)18(26)21(17(19)25)12-15(23)22-13(3)8-7-9-14(22)4/h5-6,13-14H,1-2,7-12H2,3-4H3. The van der Waals surface area contributed by atoms with Gasteiger partial charge in [-0.3, -0.25) is 4.79 Å². The fourth-order valence-corrected chi connectivity index (χ4v) is 3.52. The van der Waals surface area contributed by atoms with E-state index in [9.17, 15) is 19.2 Å². The Labute approximate surface area is 151 Å². The number of aromatic nitrogens is 3. The third-order valence-electron chi connectivity index (χ3n) is 4.78. The van der Waals surface area contributed by atoms with Gasteiger partial charge in [-0.1, -0.05) is 12.2 Å². The number of piperidine rings is 1. The minimum atomic E-state index is -0.800. The molecule has 2 rings (SSSR count). The number of allylic oxidation sites excluding steroid dienone is 2. The number of amides is 1. The monoisotopic (exact) mass is 362 g/mol. The van der Waals surface area contributed by atoms with Crippen LogP contribution in [0.25, 0.3) is 0 Å². The summed E-state index contributed by atoms with van der Waals surface area (Å²) in [6.07, 6.45) is 5.62. The molecule has 0 aromatic carbocycles. The molecule has 1 aromatic rings. The summed E-state index contributed by atoms with van der Waals surface area (Å²) in [6.45, 7) is 10.5. The van der Waals surface area contributed by atoms with Crippen LogP contribution in [-0.4, -0.2) is 36.6 Å². The molecule has 0 aliphatic carbocycles. The Morgan fingerprint density at radius 2 is 1.35 bits per heavy atom. The minimum Gasteiger partial charge on any atom is -0.336 e. The lowest BCUT2D eigenvalue weighted by atomic mass is 9.97. The van der Waals surface area contributed by atoms with E-state index >= 15 is 0 Å². The second kappa shape index (κ2) is 8.16. The third-order valence-corrected chi connectivity index (χ3v) is 4.78. The summed E-state index contributed by atoms with van der Waals surface area (Å²) in [5.41, 5.74) is -2.33. The Bertz CT molecular complexity index is 818. The predicted molar refractivity (Wildman–Crippen MR) is 99.2 cm³/mol. The number of rotatable bonds is 6. The highest BCUT2D eigenvalue weighted by atomic mass is 16.2. The largest absolute Gasteiger partial charge is 0.337 e. The Hall–Kier alpha value is -2.64. The van der Waals surface area contributed by atoms with Crippen molar-refractivity contribution < 1.29 is 4.79 Å². The van der Waals surface area contributed by atoms with Crippen LogP contribution in [0.15, 0.2) is 39.7 Å². The number of nitrogens with zero attached hydrogens (tertiary/aromatic N) is 4. The number of likely N-dealkylation sites (tertiary alicyclic amines) is 1. The van der Waals surface area contributed by atoms with Crippen molar-refractivity contribution in [2.75, 3.05) is 0 Å². The van der Waals surface area contributed by atoms with Gasteiger partial charge in [0.1, 0.15) is 6.54 Å². The topological polar surface area (TPSA) is 86.3 Å². The highest BCUT2D eigenvalue weighted by Crippen LogP contribution is 2.22. The summed E-state index contributed by atoms with van der Waals surface area (Å²) in [4.78, 5) is 52.1. The highest BCUT2D eigenvalue weighted by molar-refractivity contribution is 5.76. The average molecular weight is 362 g/mol. The molecular weight excluding hydrogens is 336 g/mol. The second-order valence-corrected chi connectivity index (χ2v) is 6.66. The Balaban J connectivity index is 2.51. The maximum absolute atomic E-state index is 12.8. The van der Waals surface area contributed by atoms with E-state index in [4.69, 9.17) is 0 Å². The van der Waals surface area contributed by atoms with Crippen molar-refractivity contribution in [2.45, 2.75) is 64.8 Å². The van der Waals surface area contributed by atoms with Gasteiger partial charge in [-0.15, -0.1) is 13.2 Å². The first-order valence-electron chi connectivity index (χ1n) is 8.80. The van der Waals surface area contributed by atoms with Gasteiger partial charge in [-0.05, 0) is 33.1 Å². The summed E-state index contributed by atoms with van der Waals surface area (Å²) in [5.74, 6) is -0.294. The van der Waals surface area contributed by atoms with Gasteiger partial charge in [0.15, 0.2) is 0 Å². The van der Waals surface area contributed by atoms with Crippen LogP contribution in [0.2, 0.25) is 0 Å². The summed E-state index contributed by atoms with van der Waals surface area (Å²) < 4.78 is 2.62. The van der Waals surface area contributed by atoms with Gasteiger partial charge in [0.05, 0.1) is 13.1 Å². The SMILES string of the molecule is C=CCn1c(=O)n(CC=C)c(=O)n(CC(=O)N2C(C)CCCC2C)c1=O. The first kappa shape index (κ1) is 19.7. The van der Waals surface area contributed by atoms with Crippen LogP contribution < -0.4 is 17.1 Å². The molecule has 0 bridgehead atoms. The molecule has 1 saturated heterocycles. The van der Waals surface area contributed by atoms with Crippen molar-refractivity contribution in [3.63, 3.8) is 0 Å². The van der Waals surface area contributed by atoms with Gasteiger partial charge in [0.2, 0.25) is 5.91 Å². The smallest absolute Gasteiger partial charge is 0.336 e. The zero-order chi connectivity index (χ0) is 19.4. The maximum Gasteiger partial charge on any atom is 0.337 e. The van der Waals surface area contributed by atoms with Gasteiger partial charge in [-0.25, -0.2) is 28.1 Å². The molecule has 0 saturated carbocycles. The maximum atomic E-state index is 12.8. The van der Waals surface area contributed by atoms with E-state index in [1.165, 1.54) is 12.2 Å². The molecule has 0 N–H and O–H groups in total. The molecule has 1 amide bonds. The van der Waals surface area contributed by atoms with E-state index in [-0.39, 0.29) is 37.6 Å². The van der Waals surface area contributed by atoms with Crippen LogP contribution in [0.5, 0.6) is 0 Å². The van der Waals surface area contributed by atoms with Crippen LogP contribution >= 0.6 is 0 Å². The van der Waals surface area contributed by atoms with Crippen LogP contribution in [0.1, 0.15) is 33.1 Å². The van der Waals surface area contributed by atoms with Crippen LogP contribution in [0.3, 0.4) is 0 Å². The lowest BCUT2D eigenvalue weighted by Gasteiger charge is -2.39. The summed E-state index contributed by atoms with van der Waals surface area (Å²) in [6, 6.07) is 0.105. The van der Waals surface area contributed by atoms with Crippen molar-refractivity contribution in [2.24, 2.45) is 0 Å². The molecule has 0 spiro atoms. The van der Waals surface area contributed by atoms with Crippen LogP contribution in [0, 0.1) is 0 Å². The van der Waals surface area contributed by atoms with E-state index in [0.717, 1.165) is 33.0 Å².